The highest BCUT2D eigenvalue weighted by molar-refractivity contribution is 6.32. The zero-order chi connectivity index (χ0) is 18.5. The van der Waals surface area contributed by atoms with Crippen molar-refractivity contribution in [1.82, 2.24) is 0 Å². The third kappa shape index (κ3) is 4.00. The molecule has 0 N–H and O–H groups in total. The Morgan fingerprint density at radius 1 is 1.12 bits per heavy atom. The Bertz CT molecular complexity index is 931. The Balaban J connectivity index is 1.94. The fourth-order valence-corrected chi connectivity index (χ4v) is 2.94. The highest BCUT2D eigenvalue weighted by atomic mass is 35.5. The predicted octanol–water partition coefficient (Wildman–Crippen LogP) is 6.43. The second kappa shape index (κ2) is 8.24. The van der Waals surface area contributed by atoms with Gasteiger partial charge in [0.25, 0.3) is 0 Å². The lowest BCUT2D eigenvalue weighted by atomic mass is 10.1. The molecule has 0 saturated carbocycles. The number of methoxy groups -OCH3 is 1. The van der Waals surface area contributed by atoms with E-state index in [1.54, 1.807) is 13.3 Å². The molecule has 26 heavy (non-hydrogen) atoms. The van der Waals surface area contributed by atoms with E-state index in [0.29, 0.717) is 16.5 Å². The molecule has 0 saturated heterocycles. The molecule has 0 aliphatic heterocycles. The number of rotatable bonds is 6. The molecular weight excluding hydrogens is 346 g/mol. The van der Waals surface area contributed by atoms with Gasteiger partial charge in [-0.15, -0.1) is 0 Å². The molecule has 3 aromatic carbocycles. The van der Waals surface area contributed by atoms with Crippen molar-refractivity contribution in [2.75, 3.05) is 7.11 Å². The molecule has 4 heteroatoms. The van der Waals surface area contributed by atoms with Gasteiger partial charge >= 0.3 is 0 Å². The molecule has 0 fully saturated rings. The minimum Gasteiger partial charge on any atom is -0.493 e. The van der Waals surface area contributed by atoms with Crippen molar-refractivity contribution in [2.24, 2.45) is 4.99 Å². The summed E-state index contributed by atoms with van der Waals surface area (Å²) >= 11 is 6.42. The highest BCUT2D eigenvalue weighted by Gasteiger charge is 2.14. The van der Waals surface area contributed by atoms with Gasteiger partial charge in [0, 0.05) is 11.6 Å². The summed E-state index contributed by atoms with van der Waals surface area (Å²) in [7, 11) is 1.61. The van der Waals surface area contributed by atoms with Crippen LogP contribution in [-0.2, 0) is 0 Å². The SMILES string of the molecule is CC[C@H](C)Oc1c(Cl)cc(C=Nc2cccc3ccccc23)cc1OC. The van der Waals surface area contributed by atoms with Crippen molar-refractivity contribution in [3.63, 3.8) is 0 Å². The van der Waals surface area contributed by atoms with Gasteiger partial charge in [-0.3, -0.25) is 4.99 Å². The van der Waals surface area contributed by atoms with Crippen LogP contribution in [0.1, 0.15) is 25.8 Å². The molecule has 3 nitrogen and oxygen atoms in total. The number of benzene rings is 3. The fraction of sp³-hybridized carbons (Fsp3) is 0.227. The third-order valence-electron chi connectivity index (χ3n) is 4.27. The van der Waals surface area contributed by atoms with Crippen LogP contribution in [0.3, 0.4) is 0 Å². The zero-order valence-corrected chi connectivity index (χ0v) is 16.0. The molecule has 3 aromatic rings. The van der Waals surface area contributed by atoms with Crippen molar-refractivity contribution >= 4 is 34.3 Å². The van der Waals surface area contributed by atoms with E-state index in [9.17, 15) is 0 Å². The minimum absolute atomic E-state index is 0.0663. The van der Waals surface area contributed by atoms with Crippen LogP contribution in [0.15, 0.2) is 59.6 Å². The molecule has 1 atom stereocenters. The predicted molar refractivity (Wildman–Crippen MR) is 110 cm³/mol. The van der Waals surface area contributed by atoms with E-state index < -0.39 is 0 Å². The maximum absolute atomic E-state index is 6.42. The first-order valence-corrected chi connectivity index (χ1v) is 9.06. The second-order valence-electron chi connectivity index (χ2n) is 6.13. The summed E-state index contributed by atoms with van der Waals surface area (Å²) in [5.41, 5.74) is 1.77. The number of halogens is 1. The summed E-state index contributed by atoms with van der Waals surface area (Å²) in [4.78, 5) is 4.65. The van der Waals surface area contributed by atoms with Crippen molar-refractivity contribution in [1.29, 1.82) is 0 Å². The molecule has 0 aliphatic rings. The minimum atomic E-state index is 0.0663. The molecule has 0 bridgehead atoms. The van der Waals surface area contributed by atoms with E-state index in [-0.39, 0.29) is 6.10 Å². The molecule has 0 radical (unpaired) electrons. The van der Waals surface area contributed by atoms with Gasteiger partial charge in [0.05, 0.1) is 23.9 Å². The molecule has 0 aromatic heterocycles. The molecule has 0 amide bonds. The Kier molecular flexibility index (Phi) is 5.79. The largest absolute Gasteiger partial charge is 0.493 e. The van der Waals surface area contributed by atoms with Crippen LogP contribution in [0, 0.1) is 0 Å². The third-order valence-corrected chi connectivity index (χ3v) is 4.55. The normalized spacial score (nSPS) is 12.5. The van der Waals surface area contributed by atoms with E-state index in [1.807, 2.05) is 43.3 Å². The first-order valence-electron chi connectivity index (χ1n) is 8.68. The molecule has 0 heterocycles. The Labute approximate surface area is 159 Å². The lowest BCUT2D eigenvalue weighted by molar-refractivity contribution is 0.208. The maximum Gasteiger partial charge on any atom is 0.180 e. The number of hydrogen-bond acceptors (Lipinski definition) is 3. The van der Waals surface area contributed by atoms with Crippen LogP contribution in [0.25, 0.3) is 10.8 Å². The smallest absolute Gasteiger partial charge is 0.180 e. The van der Waals surface area contributed by atoms with Gasteiger partial charge in [0.15, 0.2) is 11.5 Å². The molecule has 134 valence electrons. The van der Waals surface area contributed by atoms with Gasteiger partial charge in [-0.05, 0) is 42.5 Å². The number of fused-ring (bicyclic) bond motifs is 1. The monoisotopic (exact) mass is 367 g/mol. The van der Waals surface area contributed by atoms with Crippen LogP contribution >= 0.6 is 11.6 Å². The lowest BCUT2D eigenvalue weighted by Gasteiger charge is -2.17. The summed E-state index contributed by atoms with van der Waals surface area (Å²) < 4.78 is 11.4. The van der Waals surface area contributed by atoms with Crippen molar-refractivity contribution < 1.29 is 9.47 Å². The summed E-state index contributed by atoms with van der Waals surface area (Å²) in [6.07, 6.45) is 2.75. The van der Waals surface area contributed by atoms with Crippen molar-refractivity contribution in [2.45, 2.75) is 26.4 Å². The van der Waals surface area contributed by atoms with E-state index in [2.05, 4.69) is 30.1 Å². The number of nitrogens with zero attached hydrogens (tertiary/aromatic N) is 1. The van der Waals surface area contributed by atoms with Gasteiger partial charge in [-0.1, -0.05) is 54.9 Å². The van der Waals surface area contributed by atoms with Crippen LogP contribution in [-0.4, -0.2) is 19.4 Å². The number of aliphatic imine (C=N–C) groups is 1. The van der Waals surface area contributed by atoms with Crippen molar-refractivity contribution in [3.8, 4) is 11.5 Å². The zero-order valence-electron chi connectivity index (χ0n) is 15.2. The summed E-state index contributed by atoms with van der Waals surface area (Å²) in [5, 5.41) is 2.79. The summed E-state index contributed by atoms with van der Waals surface area (Å²) in [5.74, 6) is 1.18. The van der Waals surface area contributed by atoms with E-state index in [4.69, 9.17) is 21.1 Å². The van der Waals surface area contributed by atoms with Crippen LogP contribution < -0.4 is 9.47 Å². The first kappa shape index (κ1) is 18.3. The average molecular weight is 368 g/mol. The van der Waals surface area contributed by atoms with Gasteiger partial charge < -0.3 is 9.47 Å². The van der Waals surface area contributed by atoms with Crippen LogP contribution in [0.5, 0.6) is 11.5 Å². The quantitative estimate of drug-likeness (QED) is 0.470. The molecule has 0 aliphatic carbocycles. The van der Waals surface area contributed by atoms with Gasteiger partial charge in [-0.25, -0.2) is 0 Å². The van der Waals surface area contributed by atoms with E-state index in [0.717, 1.165) is 28.4 Å². The fourth-order valence-electron chi connectivity index (χ4n) is 2.68. The van der Waals surface area contributed by atoms with Gasteiger partial charge in [0.1, 0.15) is 0 Å². The van der Waals surface area contributed by atoms with E-state index in [1.165, 1.54) is 0 Å². The lowest BCUT2D eigenvalue weighted by Crippen LogP contribution is -2.11. The van der Waals surface area contributed by atoms with Gasteiger partial charge in [-0.2, -0.15) is 0 Å². The topological polar surface area (TPSA) is 30.8 Å². The second-order valence-corrected chi connectivity index (χ2v) is 6.53. The maximum atomic E-state index is 6.42. The number of ether oxygens (including phenoxy) is 2. The van der Waals surface area contributed by atoms with Crippen molar-refractivity contribution in [3.05, 3.63) is 65.2 Å². The van der Waals surface area contributed by atoms with Crippen LogP contribution in [0.4, 0.5) is 5.69 Å². The van der Waals surface area contributed by atoms with Gasteiger partial charge in [0.2, 0.25) is 0 Å². The molecule has 0 unspecified atom stereocenters. The molecule has 3 rings (SSSR count). The Hall–Kier alpha value is -2.52. The Morgan fingerprint density at radius 2 is 1.88 bits per heavy atom. The highest BCUT2D eigenvalue weighted by Crippen LogP contribution is 2.37. The van der Waals surface area contributed by atoms with Crippen LogP contribution in [0.2, 0.25) is 5.02 Å². The van der Waals surface area contributed by atoms with E-state index >= 15 is 0 Å². The molecule has 0 spiro atoms. The standard InChI is InChI=1S/C22H22ClNO2/c1-4-15(2)26-22-19(23)12-16(13-21(22)25-3)14-24-20-11-7-9-17-8-5-6-10-18(17)20/h5-15H,4H2,1-3H3/t15-/m0/s1. The molecular formula is C22H22ClNO2. The average Bonchev–Trinajstić information content (AvgIpc) is 2.67. The summed E-state index contributed by atoms with van der Waals surface area (Å²) in [6.45, 7) is 4.07. The first-order chi connectivity index (χ1) is 12.6. The number of hydrogen-bond donors (Lipinski definition) is 0. The Morgan fingerprint density at radius 3 is 2.65 bits per heavy atom. The summed E-state index contributed by atoms with van der Waals surface area (Å²) in [6, 6.07) is 18.0.